The molecule has 16 heavy (non-hydrogen) atoms. The van der Waals surface area contributed by atoms with Crippen LogP contribution in [0.3, 0.4) is 0 Å². The normalized spacial score (nSPS) is 13.9. The first-order chi connectivity index (χ1) is 7.44. The standard InChI is InChI=1S/C9H14ClNO3S2/c1-7(8-3-4-9(10)15-8)11-16(13,14)6-2-5-12/h3-4,7,11-12H,2,5-6H2,1H3. The topological polar surface area (TPSA) is 66.4 Å². The van der Waals surface area contributed by atoms with Gasteiger partial charge in [0.25, 0.3) is 0 Å². The van der Waals surface area contributed by atoms with Gasteiger partial charge in [-0.3, -0.25) is 0 Å². The molecule has 0 amide bonds. The van der Waals surface area contributed by atoms with E-state index < -0.39 is 10.0 Å². The molecule has 1 atom stereocenters. The summed E-state index contributed by atoms with van der Waals surface area (Å²) in [5, 5.41) is 8.58. The Bertz CT molecular complexity index is 430. The number of aliphatic hydroxyl groups excluding tert-OH is 1. The molecule has 0 radical (unpaired) electrons. The fourth-order valence-corrected chi connectivity index (χ4v) is 3.63. The minimum absolute atomic E-state index is 0.0626. The Morgan fingerprint density at radius 1 is 1.56 bits per heavy atom. The summed E-state index contributed by atoms with van der Waals surface area (Å²) in [4.78, 5) is 0.873. The highest BCUT2D eigenvalue weighted by Crippen LogP contribution is 2.26. The lowest BCUT2D eigenvalue weighted by Crippen LogP contribution is -2.29. The maximum Gasteiger partial charge on any atom is 0.212 e. The molecule has 0 aliphatic heterocycles. The van der Waals surface area contributed by atoms with E-state index in [4.69, 9.17) is 16.7 Å². The highest BCUT2D eigenvalue weighted by atomic mass is 35.5. The Labute approximate surface area is 104 Å². The molecule has 1 aromatic rings. The van der Waals surface area contributed by atoms with Gasteiger partial charge in [-0.25, -0.2) is 13.1 Å². The lowest BCUT2D eigenvalue weighted by Gasteiger charge is -2.12. The van der Waals surface area contributed by atoms with Crippen LogP contribution in [-0.2, 0) is 10.0 Å². The number of aliphatic hydroxyl groups is 1. The van der Waals surface area contributed by atoms with Crippen LogP contribution in [0.2, 0.25) is 4.34 Å². The van der Waals surface area contributed by atoms with Crippen LogP contribution >= 0.6 is 22.9 Å². The van der Waals surface area contributed by atoms with Crippen molar-refractivity contribution in [1.82, 2.24) is 4.72 Å². The number of nitrogens with one attached hydrogen (secondary N) is 1. The number of thiophene rings is 1. The monoisotopic (exact) mass is 283 g/mol. The second-order valence-electron chi connectivity index (χ2n) is 3.38. The van der Waals surface area contributed by atoms with Gasteiger partial charge in [-0.1, -0.05) is 11.6 Å². The van der Waals surface area contributed by atoms with Crippen LogP contribution in [0, 0.1) is 0 Å². The molecule has 0 saturated carbocycles. The molecule has 1 aromatic heterocycles. The molecular weight excluding hydrogens is 270 g/mol. The first kappa shape index (κ1) is 13.9. The second-order valence-corrected chi connectivity index (χ2v) is 7.00. The summed E-state index contributed by atoms with van der Waals surface area (Å²) < 4.78 is 26.2. The molecule has 7 heteroatoms. The van der Waals surface area contributed by atoms with Crippen molar-refractivity contribution in [1.29, 1.82) is 0 Å². The maximum atomic E-state index is 11.5. The Morgan fingerprint density at radius 2 is 2.25 bits per heavy atom. The predicted molar refractivity (Wildman–Crippen MR) is 66.4 cm³/mol. The van der Waals surface area contributed by atoms with Gasteiger partial charge in [0.05, 0.1) is 16.1 Å². The van der Waals surface area contributed by atoms with Gasteiger partial charge in [0, 0.05) is 11.5 Å². The molecule has 0 aromatic carbocycles. The molecule has 2 N–H and O–H groups in total. The van der Waals surface area contributed by atoms with Crippen LogP contribution in [0.4, 0.5) is 0 Å². The fourth-order valence-electron chi connectivity index (χ4n) is 1.20. The van der Waals surface area contributed by atoms with E-state index in [0.29, 0.717) is 4.34 Å². The first-order valence-electron chi connectivity index (χ1n) is 4.80. The van der Waals surface area contributed by atoms with Crippen molar-refractivity contribution >= 4 is 33.0 Å². The summed E-state index contributed by atoms with van der Waals surface area (Å²) in [7, 11) is -3.33. The Morgan fingerprint density at radius 3 is 2.75 bits per heavy atom. The Balaban J connectivity index is 2.60. The molecular formula is C9H14ClNO3S2. The molecule has 1 heterocycles. The smallest absolute Gasteiger partial charge is 0.212 e. The minimum atomic E-state index is -3.33. The summed E-state index contributed by atoms with van der Waals surface area (Å²) in [6.07, 6.45) is 0.243. The summed E-state index contributed by atoms with van der Waals surface area (Å²) >= 11 is 7.12. The number of sulfonamides is 1. The number of halogens is 1. The number of hydrogen-bond acceptors (Lipinski definition) is 4. The molecule has 1 unspecified atom stereocenters. The molecule has 0 bridgehead atoms. The zero-order valence-electron chi connectivity index (χ0n) is 8.81. The first-order valence-corrected chi connectivity index (χ1v) is 7.65. The van der Waals surface area contributed by atoms with E-state index in [1.54, 1.807) is 19.1 Å². The molecule has 0 aliphatic rings. The summed E-state index contributed by atoms with van der Waals surface area (Å²) in [6, 6.07) is 3.24. The number of hydrogen-bond donors (Lipinski definition) is 2. The average Bonchev–Trinajstić information content (AvgIpc) is 2.61. The summed E-state index contributed by atoms with van der Waals surface area (Å²) in [6.45, 7) is 1.64. The largest absolute Gasteiger partial charge is 0.396 e. The van der Waals surface area contributed by atoms with Gasteiger partial charge in [-0.05, 0) is 25.5 Å². The van der Waals surface area contributed by atoms with Crippen molar-refractivity contribution in [3.8, 4) is 0 Å². The Kier molecular flexibility index (Phi) is 5.20. The zero-order chi connectivity index (χ0) is 12.2. The van der Waals surface area contributed by atoms with Crippen LogP contribution in [0.25, 0.3) is 0 Å². The van der Waals surface area contributed by atoms with Crippen molar-refractivity contribution in [3.63, 3.8) is 0 Å². The molecule has 0 saturated heterocycles. The van der Waals surface area contributed by atoms with Crippen LogP contribution in [-0.4, -0.2) is 25.9 Å². The molecule has 1 rings (SSSR count). The van der Waals surface area contributed by atoms with E-state index in [1.165, 1.54) is 11.3 Å². The quantitative estimate of drug-likeness (QED) is 0.836. The van der Waals surface area contributed by atoms with Gasteiger partial charge in [0.2, 0.25) is 10.0 Å². The molecule has 4 nitrogen and oxygen atoms in total. The van der Waals surface area contributed by atoms with Crippen molar-refractivity contribution in [2.24, 2.45) is 0 Å². The average molecular weight is 284 g/mol. The van der Waals surface area contributed by atoms with Crippen LogP contribution in [0.5, 0.6) is 0 Å². The van der Waals surface area contributed by atoms with Gasteiger partial charge in [-0.2, -0.15) is 0 Å². The lowest BCUT2D eigenvalue weighted by atomic mass is 10.3. The van der Waals surface area contributed by atoms with Gasteiger partial charge in [0.15, 0.2) is 0 Å². The van der Waals surface area contributed by atoms with E-state index in [2.05, 4.69) is 4.72 Å². The third-order valence-corrected chi connectivity index (χ3v) is 4.90. The van der Waals surface area contributed by atoms with E-state index in [-0.39, 0.29) is 24.8 Å². The van der Waals surface area contributed by atoms with Crippen molar-refractivity contribution < 1.29 is 13.5 Å². The zero-order valence-corrected chi connectivity index (χ0v) is 11.2. The van der Waals surface area contributed by atoms with E-state index in [0.717, 1.165) is 4.88 Å². The Hall–Kier alpha value is -0.140. The molecule has 0 fully saturated rings. The van der Waals surface area contributed by atoms with Gasteiger partial charge in [-0.15, -0.1) is 11.3 Å². The number of rotatable bonds is 6. The second kappa shape index (κ2) is 5.97. The minimum Gasteiger partial charge on any atom is -0.396 e. The third kappa shape index (κ3) is 4.39. The predicted octanol–water partition coefficient (Wildman–Crippen LogP) is 1.76. The summed E-state index contributed by atoms with van der Waals surface area (Å²) in [5.41, 5.74) is 0. The van der Waals surface area contributed by atoms with Crippen LogP contribution < -0.4 is 4.72 Å². The summed E-state index contributed by atoms with van der Waals surface area (Å²) in [5.74, 6) is -0.0626. The fraction of sp³-hybridized carbons (Fsp3) is 0.556. The van der Waals surface area contributed by atoms with Crippen LogP contribution in [0.15, 0.2) is 12.1 Å². The van der Waals surface area contributed by atoms with Gasteiger partial charge in [0.1, 0.15) is 0 Å². The van der Waals surface area contributed by atoms with E-state index >= 15 is 0 Å². The lowest BCUT2D eigenvalue weighted by molar-refractivity contribution is 0.295. The van der Waals surface area contributed by atoms with Crippen molar-refractivity contribution in [2.75, 3.05) is 12.4 Å². The van der Waals surface area contributed by atoms with E-state index in [1.807, 2.05) is 0 Å². The molecule has 0 spiro atoms. The SMILES string of the molecule is CC(NS(=O)(=O)CCCO)c1ccc(Cl)s1. The van der Waals surface area contributed by atoms with Gasteiger partial charge >= 0.3 is 0 Å². The van der Waals surface area contributed by atoms with Crippen LogP contribution in [0.1, 0.15) is 24.3 Å². The molecule has 0 aliphatic carbocycles. The maximum absolute atomic E-state index is 11.5. The third-order valence-electron chi connectivity index (χ3n) is 1.95. The highest BCUT2D eigenvalue weighted by Gasteiger charge is 2.16. The van der Waals surface area contributed by atoms with E-state index in [9.17, 15) is 8.42 Å². The van der Waals surface area contributed by atoms with Crippen molar-refractivity contribution in [2.45, 2.75) is 19.4 Å². The van der Waals surface area contributed by atoms with Gasteiger partial charge < -0.3 is 5.11 Å². The highest BCUT2D eigenvalue weighted by molar-refractivity contribution is 7.89. The van der Waals surface area contributed by atoms with Crippen molar-refractivity contribution in [3.05, 3.63) is 21.3 Å². The molecule has 92 valence electrons.